The van der Waals surface area contributed by atoms with E-state index in [-0.39, 0.29) is 0 Å². The van der Waals surface area contributed by atoms with Crippen LogP contribution < -0.4 is 5.32 Å². The molecule has 0 fully saturated rings. The van der Waals surface area contributed by atoms with E-state index in [1.165, 1.54) is 11.3 Å². The molecular formula is C15H23N3O. The van der Waals surface area contributed by atoms with Crippen LogP contribution in [0.4, 0.5) is 0 Å². The lowest BCUT2D eigenvalue weighted by Gasteiger charge is -2.18. The van der Waals surface area contributed by atoms with Gasteiger partial charge in [0.25, 0.3) is 0 Å². The van der Waals surface area contributed by atoms with Crippen LogP contribution in [0, 0.1) is 0 Å². The lowest BCUT2D eigenvalue weighted by molar-refractivity contribution is 0.471. The smallest absolute Gasteiger partial charge is 0.108 e. The predicted molar refractivity (Wildman–Crippen MR) is 76.0 cm³/mol. The lowest BCUT2D eigenvalue weighted by atomic mass is 10.0. The standard InChI is InChI=1S/C15H23N3O/c1-4-15-13(9-11-19-15)14(16-5-2)7-6-12-8-10-17-18(12)3/h8-11,14,16H,4-7H2,1-3H3. The van der Waals surface area contributed by atoms with Crippen LogP contribution in [0.15, 0.2) is 29.0 Å². The zero-order valence-electron chi connectivity index (χ0n) is 12.0. The van der Waals surface area contributed by atoms with E-state index in [4.69, 9.17) is 4.42 Å². The molecule has 0 amide bonds. The number of furan rings is 1. The first-order chi connectivity index (χ1) is 9.26. The number of hydrogen-bond donors (Lipinski definition) is 1. The molecule has 0 aromatic carbocycles. The van der Waals surface area contributed by atoms with Gasteiger partial charge in [-0.15, -0.1) is 0 Å². The molecule has 1 atom stereocenters. The second kappa shape index (κ2) is 6.57. The van der Waals surface area contributed by atoms with Crippen molar-refractivity contribution >= 4 is 0 Å². The van der Waals surface area contributed by atoms with Crippen molar-refractivity contribution in [2.75, 3.05) is 6.54 Å². The summed E-state index contributed by atoms with van der Waals surface area (Å²) in [5.41, 5.74) is 2.57. The predicted octanol–water partition coefficient (Wildman–Crippen LogP) is 2.86. The topological polar surface area (TPSA) is 43.0 Å². The molecule has 4 nitrogen and oxygen atoms in total. The van der Waals surface area contributed by atoms with E-state index in [9.17, 15) is 0 Å². The third-order valence-corrected chi connectivity index (χ3v) is 3.54. The van der Waals surface area contributed by atoms with Gasteiger partial charge in [-0.05, 0) is 31.5 Å². The number of aromatic nitrogens is 2. The highest BCUT2D eigenvalue weighted by molar-refractivity contribution is 5.22. The second-order valence-corrected chi connectivity index (χ2v) is 4.75. The first-order valence-corrected chi connectivity index (χ1v) is 7.02. The molecule has 2 heterocycles. The van der Waals surface area contributed by atoms with Crippen LogP contribution >= 0.6 is 0 Å². The summed E-state index contributed by atoms with van der Waals surface area (Å²) in [7, 11) is 1.99. The summed E-state index contributed by atoms with van der Waals surface area (Å²) in [5.74, 6) is 1.09. The van der Waals surface area contributed by atoms with Gasteiger partial charge in [-0.25, -0.2) is 0 Å². The van der Waals surface area contributed by atoms with Gasteiger partial charge >= 0.3 is 0 Å². The molecule has 0 radical (unpaired) electrons. The molecule has 0 aliphatic heterocycles. The highest BCUT2D eigenvalue weighted by atomic mass is 16.3. The highest BCUT2D eigenvalue weighted by Gasteiger charge is 2.16. The van der Waals surface area contributed by atoms with Crippen LogP contribution in [-0.4, -0.2) is 16.3 Å². The first-order valence-electron chi connectivity index (χ1n) is 7.02. The van der Waals surface area contributed by atoms with E-state index in [0.29, 0.717) is 6.04 Å². The van der Waals surface area contributed by atoms with Gasteiger partial charge in [-0.3, -0.25) is 4.68 Å². The molecule has 1 unspecified atom stereocenters. The summed E-state index contributed by atoms with van der Waals surface area (Å²) < 4.78 is 7.49. The van der Waals surface area contributed by atoms with Gasteiger partial charge in [0.05, 0.1) is 6.26 Å². The minimum absolute atomic E-state index is 0.355. The average molecular weight is 261 g/mol. The number of aryl methyl sites for hydroxylation is 3. The Balaban J connectivity index is 2.06. The van der Waals surface area contributed by atoms with Gasteiger partial charge < -0.3 is 9.73 Å². The Morgan fingerprint density at radius 2 is 2.21 bits per heavy atom. The van der Waals surface area contributed by atoms with Gasteiger partial charge in [0.15, 0.2) is 0 Å². The largest absolute Gasteiger partial charge is 0.469 e. The Labute approximate surface area is 114 Å². The van der Waals surface area contributed by atoms with Crippen LogP contribution in [0.2, 0.25) is 0 Å². The molecule has 19 heavy (non-hydrogen) atoms. The van der Waals surface area contributed by atoms with E-state index < -0.39 is 0 Å². The third-order valence-electron chi connectivity index (χ3n) is 3.54. The quantitative estimate of drug-likeness (QED) is 0.833. The van der Waals surface area contributed by atoms with Gasteiger partial charge in [0, 0.05) is 37.0 Å². The maximum Gasteiger partial charge on any atom is 0.108 e. The van der Waals surface area contributed by atoms with Crippen LogP contribution in [0.1, 0.15) is 43.3 Å². The second-order valence-electron chi connectivity index (χ2n) is 4.75. The number of nitrogens with zero attached hydrogens (tertiary/aromatic N) is 2. The van der Waals surface area contributed by atoms with Crippen LogP contribution in [0.25, 0.3) is 0 Å². The fraction of sp³-hybridized carbons (Fsp3) is 0.533. The fourth-order valence-electron chi connectivity index (χ4n) is 2.50. The Bertz CT molecular complexity index is 501. The molecule has 2 aromatic rings. The van der Waals surface area contributed by atoms with E-state index in [2.05, 4.69) is 36.4 Å². The van der Waals surface area contributed by atoms with Crippen molar-refractivity contribution < 1.29 is 4.42 Å². The fourth-order valence-corrected chi connectivity index (χ4v) is 2.50. The molecule has 0 aliphatic rings. The SMILES string of the molecule is CCNC(CCc1ccnn1C)c1ccoc1CC. The highest BCUT2D eigenvalue weighted by Crippen LogP contribution is 2.24. The van der Waals surface area contributed by atoms with Crippen molar-refractivity contribution in [3.63, 3.8) is 0 Å². The van der Waals surface area contributed by atoms with Gasteiger partial charge in [-0.2, -0.15) is 5.10 Å². The lowest BCUT2D eigenvalue weighted by Crippen LogP contribution is -2.22. The molecule has 0 bridgehead atoms. The Morgan fingerprint density at radius 1 is 1.37 bits per heavy atom. The number of hydrogen-bond acceptors (Lipinski definition) is 3. The maximum absolute atomic E-state index is 5.54. The van der Waals surface area contributed by atoms with Gasteiger partial charge in [0.2, 0.25) is 0 Å². The van der Waals surface area contributed by atoms with Crippen molar-refractivity contribution in [1.29, 1.82) is 0 Å². The van der Waals surface area contributed by atoms with Crippen LogP contribution in [0.5, 0.6) is 0 Å². The summed E-state index contributed by atoms with van der Waals surface area (Å²) in [6, 6.07) is 4.53. The molecule has 1 N–H and O–H groups in total. The summed E-state index contributed by atoms with van der Waals surface area (Å²) in [5, 5.41) is 7.77. The van der Waals surface area contributed by atoms with Gasteiger partial charge in [0.1, 0.15) is 5.76 Å². The zero-order valence-corrected chi connectivity index (χ0v) is 12.0. The molecule has 0 saturated carbocycles. The molecule has 0 spiro atoms. The Kier molecular flexibility index (Phi) is 4.80. The summed E-state index contributed by atoms with van der Waals surface area (Å²) in [6.07, 6.45) is 6.66. The summed E-state index contributed by atoms with van der Waals surface area (Å²) in [6.45, 7) is 5.24. The van der Waals surface area contributed by atoms with Crippen molar-refractivity contribution in [3.8, 4) is 0 Å². The van der Waals surface area contributed by atoms with Crippen molar-refractivity contribution in [2.24, 2.45) is 7.05 Å². The Morgan fingerprint density at radius 3 is 2.84 bits per heavy atom. The molecular weight excluding hydrogens is 238 g/mol. The minimum Gasteiger partial charge on any atom is -0.469 e. The molecule has 104 valence electrons. The van der Waals surface area contributed by atoms with E-state index in [1.54, 1.807) is 6.26 Å². The van der Waals surface area contributed by atoms with E-state index in [1.807, 2.05) is 17.9 Å². The minimum atomic E-state index is 0.355. The third kappa shape index (κ3) is 3.26. The number of nitrogens with one attached hydrogen (secondary N) is 1. The maximum atomic E-state index is 5.54. The molecule has 4 heteroatoms. The van der Waals surface area contributed by atoms with Crippen molar-refractivity contribution in [2.45, 2.75) is 39.2 Å². The molecule has 2 aromatic heterocycles. The van der Waals surface area contributed by atoms with Crippen LogP contribution in [-0.2, 0) is 19.9 Å². The first kappa shape index (κ1) is 13.9. The molecule has 2 rings (SSSR count). The van der Waals surface area contributed by atoms with E-state index >= 15 is 0 Å². The summed E-state index contributed by atoms with van der Waals surface area (Å²) >= 11 is 0. The average Bonchev–Trinajstić information content (AvgIpc) is 3.03. The monoisotopic (exact) mass is 261 g/mol. The van der Waals surface area contributed by atoms with Crippen molar-refractivity contribution in [1.82, 2.24) is 15.1 Å². The van der Waals surface area contributed by atoms with Crippen molar-refractivity contribution in [3.05, 3.63) is 41.6 Å². The summed E-state index contributed by atoms with van der Waals surface area (Å²) in [4.78, 5) is 0. The molecule has 0 saturated heterocycles. The molecule has 0 aliphatic carbocycles. The number of rotatable bonds is 7. The normalized spacial score (nSPS) is 12.8. The van der Waals surface area contributed by atoms with Crippen LogP contribution in [0.3, 0.4) is 0 Å². The van der Waals surface area contributed by atoms with E-state index in [0.717, 1.165) is 31.6 Å². The zero-order chi connectivity index (χ0) is 13.7. The van der Waals surface area contributed by atoms with Gasteiger partial charge in [-0.1, -0.05) is 13.8 Å². The Hall–Kier alpha value is -1.55.